The molecule has 1 N–H and O–H groups in total. The van der Waals surface area contributed by atoms with E-state index in [1.807, 2.05) is 24.3 Å². The molecule has 154 valence electrons. The summed E-state index contributed by atoms with van der Waals surface area (Å²) in [5, 5.41) is 4.24. The Morgan fingerprint density at radius 2 is 2.00 bits per heavy atom. The van der Waals surface area contributed by atoms with E-state index in [0.717, 1.165) is 18.7 Å². The first kappa shape index (κ1) is 21.5. The normalized spacial score (nSPS) is 12.5. The van der Waals surface area contributed by atoms with Crippen LogP contribution in [0.3, 0.4) is 0 Å². The first-order chi connectivity index (χ1) is 13.9. The minimum Gasteiger partial charge on any atom is -0.349 e. The smallest absolute Gasteiger partial charge is 0.262 e. The maximum Gasteiger partial charge on any atom is 0.262 e. The number of carbonyl (C=O) groups is 1. The minimum atomic E-state index is -0.197. The van der Waals surface area contributed by atoms with E-state index in [-0.39, 0.29) is 17.5 Å². The van der Waals surface area contributed by atoms with E-state index >= 15 is 0 Å². The molecule has 3 rings (SSSR count). The van der Waals surface area contributed by atoms with Crippen LogP contribution in [0, 0.1) is 6.92 Å². The Balaban J connectivity index is 1.88. The Hall–Kier alpha value is -2.22. The van der Waals surface area contributed by atoms with Gasteiger partial charge in [-0.15, -0.1) is 11.3 Å². The number of fused-ring (bicyclic) bond motifs is 1. The van der Waals surface area contributed by atoms with Crippen molar-refractivity contribution in [3.8, 4) is 0 Å². The van der Waals surface area contributed by atoms with Crippen molar-refractivity contribution in [1.29, 1.82) is 0 Å². The van der Waals surface area contributed by atoms with Crippen LogP contribution in [0.15, 0.2) is 35.4 Å². The van der Waals surface area contributed by atoms with Gasteiger partial charge in [0.2, 0.25) is 0 Å². The van der Waals surface area contributed by atoms with Crippen LogP contribution in [-0.2, 0) is 7.05 Å². The summed E-state index contributed by atoms with van der Waals surface area (Å²) in [6, 6.07) is 7.68. The minimum absolute atomic E-state index is 0.0386. The lowest BCUT2D eigenvalue weighted by Gasteiger charge is -2.30. The van der Waals surface area contributed by atoms with Gasteiger partial charge in [0.15, 0.2) is 0 Å². The maximum atomic E-state index is 13.0. The largest absolute Gasteiger partial charge is 0.349 e. The Morgan fingerprint density at radius 3 is 2.66 bits per heavy atom. The molecule has 0 radical (unpaired) electrons. The van der Waals surface area contributed by atoms with Gasteiger partial charge in [-0.05, 0) is 37.2 Å². The van der Waals surface area contributed by atoms with Gasteiger partial charge in [0, 0.05) is 18.6 Å². The molecule has 6 nitrogen and oxygen atoms in total. The van der Waals surface area contributed by atoms with Gasteiger partial charge < -0.3 is 9.88 Å². The third kappa shape index (κ3) is 4.22. The molecule has 1 amide bonds. The fraction of sp³-hybridized carbons (Fsp3) is 0.381. The van der Waals surface area contributed by atoms with E-state index in [9.17, 15) is 9.59 Å². The SMILES string of the molecule is CCN(CC)C(CNC(=O)c1sc2ncn(C)c(=O)c2c1C)c1ccccc1Cl. The lowest BCUT2D eigenvalue weighted by molar-refractivity contribution is 0.0938. The lowest BCUT2D eigenvalue weighted by Crippen LogP contribution is -2.38. The number of carbonyl (C=O) groups excluding carboxylic acids is 1. The summed E-state index contributed by atoms with van der Waals surface area (Å²) in [7, 11) is 1.66. The fourth-order valence-corrected chi connectivity index (χ4v) is 4.86. The third-order valence-corrected chi connectivity index (χ3v) is 6.73. The number of rotatable bonds is 7. The van der Waals surface area contributed by atoms with Gasteiger partial charge in [-0.25, -0.2) is 4.98 Å². The summed E-state index contributed by atoms with van der Waals surface area (Å²) in [5.74, 6) is -0.197. The Morgan fingerprint density at radius 1 is 1.31 bits per heavy atom. The molecule has 1 unspecified atom stereocenters. The molecule has 3 aromatic rings. The number of amides is 1. The molecule has 1 atom stereocenters. The molecule has 1 aromatic carbocycles. The number of benzene rings is 1. The van der Waals surface area contributed by atoms with Gasteiger partial charge in [-0.3, -0.25) is 14.5 Å². The van der Waals surface area contributed by atoms with Gasteiger partial charge in [-0.2, -0.15) is 0 Å². The second-order valence-electron chi connectivity index (χ2n) is 6.87. The van der Waals surface area contributed by atoms with Crippen molar-refractivity contribution in [3.05, 3.63) is 62.0 Å². The van der Waals surface area contributed by atoms with Crippen LogP contribution in [0.1, 0.15) is 40.7 Å². The zero-order chi connectivity index (χ0) is 21.1. The van der Waals surface area contributed by atoms with Crippen LogP contribution < -0.4 is 10.9 Å². The molecule has 0 aliphatic carbocycles. The van der Waals surface area contributed by atoms with Crippen molar-refractivity contribution < 1.29 is 4.79 Å². The predicted molar refractivity (Wildman–Crippen MR) is 119 cm³/mol. The van der Waals surface area contributed by atoms with Crippen molar-refractivity contribution in [2.24, 2.45) is 7.05 Å². The van der Waals surface area contributed by atoms with Gasteiger partial charge >= 0.3 is 0 Å². The first-order valence-corrected chi connectivity index (χ1v) is 10.8. The second kappa shape index (κ2) is 9.07. The molecule has 2 aromatic heterocycles. The molecule has 29 heavy (non-hydrogen) atoms. The highest BCUT2D eigenvalue weighted by atomic mass is 35.5. The number of thiophene rings is 1. The van der Waals surface area contributed by atoms with Crippen LogP contribution in [0.25, 0.3) is 10.2 Å². The number of likely N-dealkylation sites (N-methyl/N-ethyl adjacent to an activating group) is 1. The molecule has 0 aliphatic heterocycles. The lowest BCUT2D eigenvalue weighted by atomic mass is 10.0. The van der Waals surface area contributed by atoms with E-state index in [0.29, 0.717) is 32.2 Å². The summed E-state index contributed by atoms with van der Waals surface area (Å²) in [6.07, 6.45) is 1.48. The van der Waals surface area contributed by atoms with Crippen molar-refractivity contribution in [3.63, 3.8) is 0 Å². The zero-order valence-electron chi connectivity index (χ0n) is 17.0. The van der Waals surface area contributed by atoms with Crippen LogP contribution in [0.4, 0.5) is 0 Å². The van der Waals surface area contributed by atoms with Gasteiger partial charge in [0.1, 0.15) is 4.83 Å². The number of hydrogen-bond acceptors (Lipinski definition) is 5. The average Bonchev–Trinajstić information content (AvgIpc) is 3.05. The number of aryl methyl sites for hydroxylation is 2. The van der Waals surface area contributed by atoms with Gasteiger partial charge in [0.05, 0.1) is 22.6 Å². The fourth-order valence-electron chi connectivity index (χ4n) is 3.54. The van der Waals surface area contributed by atoms with E-state index in [4.69, 9.17) is 11.6 Å². The number of hydrogen-bond donors (Lipinski definition) is 1. The van der Waals surface area contributed by atoms with Crippen LogP contribution in [0.5, 0.6) is 0 Å². The summed E-state index contributed by atoms with van der Waals surface area (Å²) in [6.45, 7) is 8.07. The predicted octanol–water partition coefficient (Wildman–Crippen LogP) is 3.77. The molecule has 0 saturated carbocycles. The summed E-state index contributed by atoms with van der Waals surface area (Å²) < 4.78 is 1.43. The maximum absolute atomic E-state index is 13.0. The Bertz CT molecular complexity index is 1090. The van der Waals surface area contributed by atoms with Crippen molar-refractivity contribution in [2.75, 3.05) is 19.6 Å². The van der Waals surface area contributed by atoms with Crippen molar-refractivity contribution in [2.45, 2.75) is 26.8 Å². The molecule has 0 bridgehead atoms. The molecular formula is C21H25ClN4O2S. The van der Waals surface area contributed by atoms with Gasteiger partial charge in [-0.1, -0.05) is 43.6 Å². The third-order valence-electron chi connectivity index (χ3n) is 5.19. The van der Waals surface area contributed by atoms with Crippen LogP contribution >= 0.6 is 22.9 Å². The Labute approximate surface area is 179 Å². The summed E-state index contributed by atoms with van der Waals surface area (Å²) in [5.41, 5.74) is 1.52. The van der Waals surface area contributed by atoms with Gasteiger partial charge in [0.25, 0.3) is 11.5 Å². The van der Waals surface area contributed by atoms with Crippen molar-refractivity contribution in [1.82, 2.24) is 19.8 Å². The molecule has 0 fully saturated rings. The van der Waals surface area contributed by atoms with E-state index in [2.05, 4.69) is 29.0 Å². The number of aromatic nitrogens is 2. The number of halogens is 1. The second-order valence-corrected chi connectivity index (χ2v) is 8.27. The molecule has 2 heterocycles. The average molecular weight is 433 g/mol. The number of nitrogens with zero attached hydrogens (tertiary/aromatic N) is 3. The highest BCUT2D eigenvalue weighted by Crippen LogP contribution is 2.29. The topological polar surface area (TPSA) is 67.2 Å². The van der Waals surface area contributed by atoms with Crippen LogP contribution in [-0.4, -0.2) is 40.0 Å². The Kier molecular flexibility index (Phi) is 6.72. The van der Waals surface area contributed by atoms with Crippen molar-refractivity contribution >= 4 is 39.1 Å². The zero-order valence-corrected chi connectivity index (χ0v) is 18.6. The van der Waals surface area contributed by atoms with E-state index in [1.54, 1.807) is 14.0 Å². The highest BCUT2D eigenvalue weighted by Gasteiger charge is 2.23. The molecular weight excluding hydrogens is 408 g/mol. The monoisotopic (exact) mass is 432 g/mol. The summed E-state index contributed by atoms with van der Waals surface area (Å²) >= 11 is 7.69. The first-order valence-electron chi connectivity index (χ1n) is 9.60. The van der Waals surface area contributed by atoms with E-state index in [1.165, 1.54) is 22.2 Å². The quantitative estimate of drug-likeness (QED) is 0.617. The molecule has 0 saturated heterocycles. The number of nitrogens with one attached hydrogen (secondary N) is 1. The highest BCUT2D eigenvalue weighted by molar-refractivity contribution is 7.20. The van der Waals surface area contributed by atoms with Crippen LogP contribution in [0.2, 0.25) is 5.02 Å². The van der Waals surface area contributed by atoms with E-state index < -0.39 is 0 Å². The summed E-state index contributed by atoms with van der Waals surface area (Å²) in [4.78, 5) is 33.0. The molecule has 0 spiro atoms. The standard InChI is InChI=1S/C21H25ClN4O2S/c1-5-26(6-2)16(14-9-7-8-10-15(14)22)11-23-19(27)18-13(3)17-20(29-18)24-12-25(4)21(17)28/h7-10,12,16H,5-6,11H2,1-4H3,(H,23,27). The molecule has 0 aliphatic rings. The molecule has 8 heteroatoms.